The lowest BCUT2D eigenvalue weighted by atomic mass is 10.1. The van der Waals surface area contributed by atoms with Crippen LogP contribution in [0.2, 0.25) is 0 Å². The summed E-state index contributed by atoms with van der Waals surface area (Å²) in [5.74, 6) is -0.366. The maximum absolute atomic E-state index is 13.1. The number of nitrogens with zero attached hydrogens (tertiary/aromatic N) is 2. The summed E-state index contributed by atoms with van der Waals surface area (Å²) >= 11 is 3.12. The molecular formula is C25H25N3O2S2. The standard InChI is InChI=1S/C25H25N3O2S2/c1-3-20(24(30)26-15-14-19-7-6-16-31-19)28-21-8-4-5-9-22(21)32-25(28)27-23(29)18-12-10-17(2)11-13-18/h4-13,16,20H,3,14-15H2,1-2H3,(H,26,30). The van der Waals surface area contributed by atoms with Crippen molar-refractivity contribution in [2.24, 2.45) is 4.99 Å². The Morgan fingerprint density at radius 1 is 1.06 bits per heavy atom. The molecule has 0 aliphatic carbocycles. The lowest BCUT2D eigenvalue weighted by molar-refractivity contribution is -0.124. The van der Waals surface area contributed by atoms with Gasteiger partial charge in [-0.1, -0.05) is 54.2 Å². The minimum absolute atomic E-state index is 0.0585. The molecule has 0 bridgehead atoms. The lowest BCUT2D eigenvalue weighted by Crippen LogP contribution is -2.36. The van der Waals surface area contributed by atoms with Gasteiger partial charge in [-0.05, 0) is 55.5 Å². The number of amides is 2. The van der Waals surface area contributed by atoms with Crippen molar-refractivity contribution in [3.8, 4) is 0 Å². The Labute approximate surface area is 195 Å². The molecule has 0 aliphatic heterocycles. The van der Waals surface area contributed by atoms with Crippen molar-refractivity contribution in [1.82, 2.24) is 9.88 Å². The van der Waals surface area contributed by atoms with Gasteiger partial charge in [-0.15, -0.1) is 11.3 Å². The summed E-state index contributed by atoms with van der Waals surface area (Å²) in [6.07, 6.45) is 1.40. The number of nitrogens with one attached hydrogen (secondary N) is 1. The summed E-state index contributed by atoms with van der Waals surface area (Å²) in [5.41, 5.74) is 2.53. The van der Waals surface area contributed by atoms with E-state index in [9.17, 15) is 9.59 Å². The van der Waals surface area contributed by atoms with Crippen LogP contribution in [0.4, 0.5) is 0 Å². The number of carbonyl (C=O) groups excluding carboxylic acids is 2. The van der Waals surface area contributed by atoms with Crippen molar-refractivity contribution in [2.45, 2.75) is 32.7 Å². The molecule has 4 rings (SSSR count). The quantitative estimate of drug-likeness (QED) is 0.413. The number of carbonyl (C=O) groups is 2. The second kappa shape index (κ2) is 10.1. The lowest BCUT2D eigenvalue weighted by Gasteiger charge is -2.18. The Morgan fingerprint density at radius 3 is 2.56 bits per heavy atom. The highest BCUT2D eigenvalue weighted by molar-refractivity contribution is 7.16. The molecule has 0 fully saturated rings. The molecule has 2 aromatic carbocycles. The first-order valence-electron chi connectivity index (χ1n) is 10.6. The number of thiazole rings is 1. The van der Waals surface area contributed by atoms with Crippen molar-refractivity contribution < 1.29 is 9.59 Å². The number of aryl methyl sites for hydroxylation is 1. The van der Waals surface area contributed by atoms with Gasteiger partial charge in [-0.3, -0.25) is 9.59 Å². The van der Waals surface area contributed by atoms with E-state index in [-0.39, 0.29) is 11.8 Å². The van der Waals surface area contributed by atoms with E-state index >= 15 is 0 Å². The fourth-order valence-corrected chi connectivity index (χ4v) is 5.36. The van der Waals surface area contributed by atoms with Gasteiger partial charge in [0.2, 0.25) is 5.91 Å². The second-order valence-electron chi connectivity index (χ2n) is 7.55. The van der Waals surface area contributed by atoms with Crippen LogP contribution in [0.15, 0.2) is 71.0 Å². The minimum Gasteiger partial charge on any atom is -0.354 e. The molecule has 0 spiro atoms. The van der Waals surface area contributed by atoms with E-state index in [0.717, 1.165) is 22.2 Å². The van der Waals surface area contributed by atoms with E-state index in [1.165, 1.54) is 16.2 Å². The Balaban J connectivity index is 1.67. The summed E-state index contributed by atoms with van der Waals surface area (Å²) in [4.78, 5) is 32.2. The molecule has 2 aromatic heterocycles. The van der Waals surface area contributed by atoms with E-state index < -0.39 is 6.04 Å². The molecule has 2 heterocycles. The first-order valence-corrected chi connectivity index (χ1v) is 12.3. The zero-order valence-corrected chi connectivity index (χ0v) is 19.7. The van der Waals surface area contributed by atoms with Crippen LogP contribution in [0.3, 0.4) is 0 Å². The first kappa shape index (κ1) is 22.2. The zero-order valence-electron chi connectivity index (χ0n) is 18.1. The molecule has 32 heavy (non-hydrogen) atoms. The van der Waals surface area contributed by atoms with E-state index in [1.54, 1.807) is 23.5 Å². The van der Waals surface area contributed by atoms with Gasteiger partial charge in [-0.2, -0.15) is 4.99 Å². The largest absolute Gasteiger partial charge is 0.354 e. The number of fused-ring (bicyclic) bond motifs is 1. The molecule has 5 nitrogen and oxygen atoms in total. The molecule has 1 unspecified atom stereocenters. The van der Waals surface area contributed by atoms with Crippen LogP contribution >= 0.6 is 22.7 Å². The predicted octanol–water partition coefficient (Wildman–Crippen LogP) is 5.12. The van der Waals surface area contributed by atoms with Crippen molar-refractivity contribution >= 4 is 44.7 Å². The van der Waals surface area contributed by atoms with E-state index in [1.807, 2.05) is 66.3 Å². The third kappa shape index (κ3) is 4.89. The summed E-state index contributed by atoms with van der Waals surface area (Å²) in [6.45, 7) is 4.54. The fraction of sp³-hybridized carbons (Fsp3) is 0.240. The van der Waals surface area contributed by atoms with Gasteiger partial charge in [0, 0.05) is 17.0 Å². The minimum atomic E-state index is -0.445. The topological polar surface area (TPSA) is 63.5 Å². The summed E-state index contributed by atoms with van der Waals surface area (Å²) in [7, 11) is 0. The van der Waals surface area contributed by atoms with Crippen molar-refractivity contribution in [3.63, 3.8) is 0 Å². The van der Waals surface area contributed by atoms with Crippen LogP contribution in [0.5, 0.6) is 0 Å². The third-order valence-corrected chi connectivity index (χ3v) is 7.25. The monoisotopic (exact) mass is 463 g/mol. The van der Waals surface area contributed by atoms with Crippen LogP contribution in [-0.2, 0) is 11.2 Å². The van der Waals surface area contributed by atoms with E-state index in [0.29, 0.717) is 23.3 Å². The normalized spacial score (nSPS) is 12.8. The molecule has 4 aromatic rings. The number of thiophene rings is 1. The van der Waals surface area contributed by atoms with Gasteiger partial charge in [-0.25, -0.2) is 0 Å². The van der Waals surface area contributed by atoms with Gasteiger partial charge < -0.3 is 9.88 Å². The van der Waals surface area contributed by atoms with Gasteiger partial charge in [0.15, 0.2) is 4.80 Å². The zero-order chi connectivity index (χ0) is 22.5. The Hall–Kier alpha value is -3.03. The maximum atomic E-state index is 13.1. The molecular weight excluding hydrogens is 438 g/mol. The highest BCUT2D eigenvalue weighted by atomic mass is 32.1. The number of rotatable bonds is 7. The number of hydrogen-bond donors (Lipinski definition) is 1. The first-order chi connectivity index (χ1) is 15.6. The van der Waals surface area contributed by atoms with Crippen molar-refractivity contribution in [1.29, 1.82) is 0 Å². The molecule has 1 atom stereocenters. The number of para-hydroxylation sites is 1. The summed E-state index contributed by atoms with van der Waals surface area (Å²) < 4.78 is 2.90. The van der Waals surface area contributed by atoms with Crippen LogP contribution in [-0.4, -0.2) is 22.9 Å². The summed E-state index contributed by atoms with van der Waals surface area (Å²) in [5, 5.41) is 5.11. The molecule has 7 heteroatoms. The SMILES string of the molecule is CCC(C(=O)NCCc1cccs1)n1c(=NC(=O)c2ccc(C)cc2)sc2ccccc21. The fourth-order valence-electron chi connectivity index (χ4n) is 3.59. The molecule has 0 saturated heterocycles. The van der Waals surface area contributed by atoms with Crippen molar-refractivity contribution in [3.05, 3.63) is 86.8 Å². The van der Waals surface area contributed by atoms with Gasteiger partial charge in [0.1, 0.15) is 6.04 Å². The molecule has 1 N–H and O–H groups in total. The van der Waals surface area contributed by atoms with Crippen molar-refractivity contribution in [2.75, 3.05) is 6.54 Å². The highest BCUT2D eigenvalue weighted by Gasteiger charge is 2.22. The van der Waals surface area contributed by atoms with Gasteiger partial charge in [0.05, 0.1) is 10.2 Å². The number of aromatic nitrogens is 1. The van der Waals surface area contributed by atoms with Gasteiger partial charge >= 0.3 is 0 Å². The number of benzene rings is 2. The predicted molar refractivity (Wildman–Crippen MR) is 131 cm³/mol. The Kier molecular flexibility index (Phi) is 6.97. The summed E-state index contributed by atoms with van der Waals surface area (Å²) in [6, 6.07) is 18.9. The van der Waals surface area contributed by atoms with E-state index in [4.69, 9.17) is 0 Å². The van der Waals surface area contributed by atoms with Crippen LogP contribution in [0.1, 0.15) is 40.2 Å². The van der Waals surface area contributed by atoms with Crippen LogP contribution < -0.4 is 10.1 Å². The third-order valence-electron chi connectivity index (χ3n) is 5.28. The van der Waals surface area contributed by atoms with Crippen LogP contribution in [0, 0.1) is 6.92 Å². The number of hydrogen-bond acceptors (Lipinski definition) is 4. The molecule has 0 saturated carbocycles. The van der Waals surface area contributed by atoms with E-state index in [2.05, 4.69) is 16.4 Å². The Bertz CT molecular complexity index is 1280. The smallest absolute Gasteiger partial charge is 0.279 e. The van der Waals surface area contributed by atoms with Gasteiger partial charge in [0.25, 0.3) is 5.91 Å². The maximum Gasteiger partial charge on any atom is 0.279 e. The van der Waals surface area contributed by atoms with Crippen LogP contribution in [0.25, 0.3) is 10.2 Å². The Morgan fingerprint density at radius 2 is 1.84 bits per heavy atom. The molecule has 0 aliphatic rings. The molecule has 0 radical (unpaired) electrons. The second-order valence-corrected chi connectivity index (χ2v) is 9.59. The molecule has 164 valence electrons. The highest BCUT2D eigenvalue weighted by Crippen LogP contribution is 2.23. The molecule has 2 amide bonds. The average Bonchev–Trinajstić information content (AvgIpc) is 3.43. The average molecular weight is 464 g/mol.